The second-order valence-corrected chi connectivity index (χ2v) is 5.21. The SMILES string of the molecule is O=C(O)c1cccc(-c2ccn(-c3ccccc3C(F)(F)F)c2)c1. The zero-order valence-electron chi connectivity index (χ0n) is 12.3. The number of benzene rings is 2. The number of halogens is 3. The van der Waals surface area contributed by atoms with Crippen LogP contribution in [0.15, 0.2) is 67.0 Å². The Bertz CT molecular complexity index is 897. The quantitative estimate of drug-likeness (QED) is 0.744. The molecule has 3 nitrogen and oxygen atoms in total. The molecule has 1 aromatic heterocycles. The minimum Gasteiger partial charge on any atom is -0.478 e. The maximum absolute atomic E-state index is 13.1. The summed E-state index contributed by atoms with van der Waals surface area (Å²) in [5.74, 6) is -1.06. The van der Waals surface area contributed by atoms with Gasteiger partial charge in [0, 0.05) is 12.4 Å². The molecule has 0 amide bonds. The molecule has 0 atom stereocenters. The molecule has 24 heavy (non-hydrogen) atoms. The first kappa shape index (κ1) is 15.9. The van der Waals surface area contributed by atoms with Gasteiger partial charge in [-0.05, 0) is 41.5 Å². The third-order valence-corrected chi connectivity index (χ3v) is 3.62. The van der Waals surface area contributed by atoms with Crippen LogP contribution in [0.5, 0.6) is 0 Å². The van der Waals surface area contributed by atoms with Crippen molar-refractivity contribution in [2.75, 3.05) is 0 Å². The number of hydrogen-bond acceptors (Lipinski definition) is 1. The van der Waals surface area contributed by atoms with E-state index in [4.69, 9.17) is 5.11 Å². The maximum Gasteiger partial charge on any atom is 0.418 e. The van der Waals surface area contributed by atoms with Gasteiger partial charge >= 0.3 is 12.1 Å². The first-order valence-electron chi connectivity index (χ1n) is 7.04. The number of nitrogens with zero attached hydrogens (tertiary/aromatic N) is 1. The Kier molecular flexibility index (Phi) is 3.89. The highest BCUT2D eigenvalue weighted by molar-refractivity contribution is 5.89. The average Bonchev–Trinajstić information content (AvgIpc) is 3.04. The second kappa shape index (κ2) is 5.88. The first-order chi connectivity index (χ1) is 11.4. The topological polar surface area (TPSA) is 42.2 Å². The normalized spacial score (nSPS) is 11.5. The molecule has 0 radical (unpaired) electrons. The highest BCUT2D eigenvalue weighted by Crippen LogP contribution is 2.34. The Hall–Kier alpha value is -3.02. The van der Waals surface area contributed by atoms with Gasteiger partial charge in [0.25, 0.3) is 0 Å². The number of carboxylic acid groups (broad SMARTS) is 1. The number of hydrogen-bond donors (Lipinski definition) is 1. The molecule has 0 aliphatic heterocycles. The van der Waals surface area contributed by atoms with E-state index in [-0.39, 0.29) is 11.3 Å². The minimum atomic E-state index is -4.45. The Balaban J connectivity index is 2.04. The van der Waals surface area contributed by atoms with Crippen molar-refractivity contribution in [2.24, 2.45) is 0 Å². The molecule has 1 N–H and O–H groups in total. The molecule has 0 spiro atoms. The summed E-state index contributed by atoms with van der Waals surface area (Å²) in [6.45, 7) is 0. The summed E-state index contributed by atoms with van der Waals surface area (Å²) in [5.41, 5.74) is 0.668. The highest BCUT2D eigenvalue weighted by Gasteiger charge is 2.33. The van der Waals surface area contributed by atoms with Gasteiger partial charge in [0.2, 0.25) is 0 Å². The fraction of sp³-hybridized carbons (Fsp3) is 0.0556. The molecule has 3 aromatic rings. The van der Waals surface area contributed by atoms with Gasteiger partial charge in [-0.15, -0.1) is 0 Å². The van der Waals surface area contributed by atoms with E-state index in [0.717, 1.165) is 6.07 Å². The molecule has 0 saturated heterocycles. The molecule has 0 saturated carbocycles. The zero-order chi connectivity index (χ0) is 17.3. The lowest BCUT2D eigenvalue weighted by molar-refractivity contribution is -0.137. The monoisotopic (exact) mass is 331 g/mol. The number of aromatic carboxylic acids is 1. The molecule has 0 aliphatic carbocycles. The summed E-state index contributed by atoms with van der Waals surface area (Å²) < 4.78 is 40.8. The highest BCUT2D eigenvalue weighted by atomic mass is 19.4. The van der Waals surface area contributed by atoms with Crippen LogP contribution in [0.3, 0.4) is 0 Å². The predicted octanol–water partition coefficient (Wildman–Crippen LogP) is 4.86. The largest absolute Gasteiger partial charge is 0.478 e. The van der Waals surface area contributed by atoms with E-state index in [1.165, 1.54) is 41.1 Å². The smallest absolute Gasteiger partial charge is 0.418 e. The van der Waals surface area contributed by atoms with Crippen LogP contribution in [0.1, 0.15) is 15.9 Å². The van der Waals surface area contributed by atoms with E-state index >= 15 is 0 Å². The van der Waals surface area contributed by atoms with Gasteiger partial charge in [-0.2, -0.15) is 13.2 Å². The lowest BCUT2D eigenvalue weighted by Crippen LogP contribution is -2.09. The third-order valence-electron chi connectivity index (χ3n) is 3.62. The van der Waals surface area contributed by atoms with Crippen LogP contribution in [0.25, 0.3) is 16.8 Å². The zero-order valence-corrected chi connectivity index (χ0v) is 12.3. The van der Waals surface area contributed by atoms with Crippen LogP contribution in [0.2, 0.25) is 0 Å². The van der Waals surface area contributed by atoms with Gasteiger partial charge in [0.1, 0.15) is 0 Å². The van der Waals surface area contributed by atoms with Crippen molar-refractivity contribution in [1.82, 2.24) is 4.57 Å². The van der Waals surface area contributed by atoms with Crippen LogP contribution in [-0.2, 0) is 6.18 Å². The van der Waals surface area contributed by atoms with Gasteiger partial charge in [-0.3, -0.25) is 0 Å². The third kappa shape index (κ3) is 3.03. The molecule has 0 fully saturated rings. The van der Waals surface area contributed by atoms with Crippen LogP contribution < -0.4 is 0 Å². The Labute approximate surface area is 135 Å². The van der Waals surface area contributed by atoms with Crippen LogP contribution in [0.4, 0.5) is 13.2 Å². The van der Waals surface area contributed by atoms with Crippen LogP contribution in [0, 0.1) is 0 Å². The van der Waals surface area contributed by atoms with Crippen molar-refractivity contribution in [3.8, 4) is 16.8 Å². The summed E-state index contributed by atoms with van der Waals surface area (Å²) in [6.07, 6.45) is -1.39. The summed E-state index contributed by atoms with van der Waals surface area (Å²) in [6, 6.07) is 13.2. The van der Waals surface area contributed by atoms with Gasteiger partial charge in [0.05, 0.1) is 16.8 Å². The molecular weight excluding hydrogens is 319 g/mol. The van der Waals surface area contributed by atoms with Gasteiger partial charge in [0.15, 0.2) is 0 Å². The fourth-order valence-corrected chi connectivity index (χ4v) is 2.49. The van der Waals surface area contributed by atoms with Crippen LogP contribution >= 0.6 is 0 Å². The standard InChI is InChI=1S/C18H12F3NO2/c19-18(20,21)15-6-1-2-7-16(15)22-9-8-14(11-22)12-4-3-5-13(10-12)17(23)24/h1-11H,(H,23,24). The van der Waals surface area contributed by atoms with Crippen molar-refractivity contribution in [1.29, 1.82) is 0 Å². The van der Waals surface area contributed by atoms with E-state index in [1.807, 2.05) is 0 Å². The summed E-state index contributed by atoms with van der Waals surface area (Å²) in [7, 11) is 0. The lowest BCUT2D eigenvalue weighted by Gasteiger charge is -2.13. The fourth-order valence-electron chi connectivity index (χ4n) is 2.49. The molecule has 0 aliphatic rings. The van der Waals surface area contributed by atoms with Gasteiger partial charge in [-0.1, -0.05) is 24.3 Å². The van der Waals surface area contributed by atoms with Crippen molar-refractivity contribution in [3.05, 3.63) is 78.1 Å². The maximum atomic E-state index is 13.1. The number of carboxylic acids is 1. The first-order valence-corrected chi connectivity index (χ1v) is 7.04. The molecule has 3 rings (SSSR count). The minimum absolute atomic E-state index is 0.0191. The lowest BCUT2D eigenvalue weighted by atomic mass is 10.1. The molecule has 122 valence electrons. The van der Waals surface area contributed by atoms with Crippen molar-refractivity contribution in [2.45, 2.75) is 6.18 Å². The number of rotatable bonds is 3. The number of alkyl halides is 3. The molecule has 6 heteroatoms. The van der Waals surface area contributed by atoms with Crippen LogP contribution in [-0.4, -0.2) is 15.6 Å². The summed E-state index contributed by atoms with van der Waals surface area (Å²) in [5, 5.41) is 9.04. The number of aromatic nitrogens is 1. The predicted molar refractivity (Wildman–Crippen MR) is 83.2 cm³/mol. The summed E-state index contributed by atoms with van der Waals surface area (Å²) >= 11 is 0. The molecule has 1 heterocycles. The van der Waals surface area contributed by atoms with E-state index in [2.05, 4.69) is 0 Å². The van der Waals surface area contributed by atoms with E-state index in [1.54, 1.807) is 24.4 Å². The van der Waals surface area contributed by atoms with E-state index < -0.39 is 17.7 Å². The Morgan fingerprint density at radius 3 is 2.42 bits per heavy atom. The number of para-hydroxylation sites is 1. The second-order valence-electron chi connectivity index (χ2n) is 5.21. The Morgan fingerprint density at radius 2 is 1.71 bits per heavy atom. The number of carbonyl (C=O) groups is 1. The molecule has 2 aromatic carbocycles. The average molecular weight is 331 g/mol. The Morgan fingerprint density at radius 1 is 0.958 bits per heavy atom. The van der Waals surface area contributed by atoms with E-state index in [9.17, 15) is 18.0 Å². The summed E-state index contributed by atoms with van der Waals surface area (Å²) in [4.78, 5) is 11.0. The van der Waals surface area contributed by atoms with Crippen molar-refractivity contribution in [3.63, 3.8) is 0 Å². The molecular formula is C18H12F3NO2. The van der Waals surface area contributed by atoms with Crippen molar-refractivity contribution >= 4 is 5.97 Å². The van der Waals surface area contributed by atoms with E-state index in [0.29, 0.717) is 11.1 Å². The van der Waals surface area contributed by atoms with Crippen molar-refractivity contribution < 1.29 is 23.1 Å². The molecule has 0 unspecified atom stereocenters. The van der Waals surface area contributed by atoms with Gasteiger partial charge in [-0.25, -0.2) is 4.79 Å². The molecule has 0 bridgehead atoms. The van der Waals surface area contributed by atoms with Gasteiger partial charge < -0.3 is 9.67 Å².